The van der Waals surface area contributed by atoms with Gasteiger partial charge in [0.25, 0.3) is 0 Å². The van der Waals surface area contributed by atoms with E-state index >= 15 is 0 Å². The molecule has 8 heteroatoms. The van der Waals surface area contributed by atoms with Crippen LogP contribution in [0.4, 0.5) is 4.39 Å². The van der Waals surface area contributed by atoms with Crippen molar-refractivity contribution in [2.45, 2.75) is 0 Å². The molecule has 0 aliphatic rings. The fraction of sp³-hybridized carbons (Fsp3) is 0. The van der Waals surface area contributed by atoms with E-state index in [0.29, 0.717) is 0 Å². The zero-order valence-corrected chi connectivity index (χ0v) is 11.1. The summed E-state index contributed by atoms with van der Waals surface area (Å²) in [5.41, 5.74) is 0. The molecule has 0 amide bonds. The fourth-order valence-corrected chi connectivity index (χ4v) is 0.426. The maximum atomic E-state index is 12.0. The van der Waals surface area contributed by atoms with Gasteiger partial charge in [0.2, 0.25) is 0 Å². The summed E-state index contributed by atoms with van der Waals surface area (Å²) in [7, 11) is -4.67. The number of rotatable bonds is 0. The molecule has 0 fully saturated rings. The van der Waals surface area contributed by atoms with Crippen LogP contribution < -0.4 is 51.4 Å². The van der Waals surface area contributed by atoms with E-state index in [1.54, 1.807) is 0 Å². The zero-order chi connectivity index (χ0) is 10.5. The molecule has 5 nitrogen and oxygen atoms in total. The fourth-order valence-electron chi connectivity index (χ4n) is 0.426. The summed E-state index contributed by atoms with van der Waals surface area (Å²) >= 11 is 0. The van der Waals surface area contributed by atoms with Crippen molar-refractivity contribution in [3.8, 4) is 5.75 Å². The SMILES string of the molecule is O=S(=O)(O)O.Oc1cc[c-]c(F)c1.[K+]. The number of hydrogen-bond donors (Lipinski definition) is 3. The first kappa shape index (κ1) is 16.9. The van der Waals surface area contributed by atoms with E-state index in [0.717, 1.165) is 6.07 Å². The number of hydrogen-bond acceptors (Lipinski definition) is 3. The minimum atomic E-state index is -4.67. The van der Waals surface area contributed by atoms with E-state index in [1.165, 1.54) is 12.1 Å². The van der Waals surface area contributed by atoms with Crippen LogP contribution in [0.5, 0.6) is 5.75 Å². The first-order chi connectivity index (χ1) is 5.79. The summed E-state index contributed by atoms with van der Waals surface area (Å²) in [6, 6.07) is 5.93. The maximum Gasteiger partial charge on any atom is 1.00 e. The minimum Gasteiger partial charge on any atom is -0.533 e. The molecule has 0 aliphatic heterocycles. The predicted molar refractivity (Wildman–Crippen MR) is 41.1 cm³/mol. The van der Waals surface area contributed by atoms with E-state index in [1.807, 2.05) is 0 Å². The third-order valence-corrected chi connectivity index (χ3v) is 0.750. The summed E-state index contributed by atoms with van der Waals surface area (Å²) < 4.78 is 43.5. The quantitative estimate of drug-likeness (QED) is 0.272. The van der Waals surface area contributed by atoms with Crippen molar-refractivity contribution in [1.82, 2.24) is 0 Å². The standard InChI is InChI=1S/C6H4FO.K.H2O4S/c7-5-2-1-3-6(8)4-5;;1-5(2,3)4/h1,3-4,8H;;(H2,1,2,3,4)/q-1;+1;. The van der Waals surface area contributed by atoms with Crippen LogP contribution in [-0.4, -0.2) is 22.6 Å². The third kappa shape index (κ3) is 15.0. The predicted octanol–water partition coefficient (Wildman–Crippen LogP) is -2.32. The average Bonchev–Trinajstić information content (AvgIpc) is 1.81. The Morgan fingerprint density at radius 3 is 2.00 bits per heavy atom. The average molecular weight is 248 g/mol. The smallest absolute Gasteiger partial charge is 0.533 e. The summed E-state index contributed by atoms with van der Waals surface area (Å²) in [5.74, 6) is -0.605. The Labute approximate surface area is 123 Å². The van der Waals surface area contributed by atoms with E-state index in [9.17, 15) is 4.39 Å². The van der Waals surface area contributed by atoms with Crippen LogP contribution in [-0.2, 0) is 10.4 Å². The van der Waals surface area contributed by atoms with Gasteiger partial charge >= 0.3 is 61.8 Å². The van der Waals surface area contributed by atoms with Crippen LogP contribution in [0.1, 0.15) is 0 Å². The molecule has 0 heterocycles. The van der Waals surface area contributed by atoms with Gasteiger partial charge < -0.3 is 5.11 Å². The summed E-state index contributed by atoms with van der Waals surface area (Å²) in [6.07, 6.45) is 0. The Kier molecular flexibility index (Phi) is 9.29. The van der Waals surface area contributed by atoms with Crippen LogP contribution in [0.3, 0.4) is 0 Å². The second kappa shape index (κ2) is 7.71. The third-order valence-electron chi connectivity index (χ3n) is 0.750. The van der Waals surface area contributed by atoms with E-state index in [2.05, 4.69) is 6.07 Å². The molecular weight excluding hydrogens is 242 g/mol. The van der Waals surface area contributed by atoms with Crippen LogP contribution in [0.15, 0.2) is 18.2 Å². The van der Waals surface area contributed by atoms with Crippen molar-refractivity contribution >= 4 is 10.4 Å². The summed E-state index contributed by atoms with van der Waals surface area (Å²) in [6.45, 7) is 0. The van der Waals surface area contributed by atoms with Gasteiger partial charge in [-0.1, -0.05) is 6.07 Å². The van der Waals surface area contributed by atoms with Crippen molar-refractivity contribution < 1.29 is 78.4 Å². The number of phenols is 1. The first-order valence-corrected chi connectivity index (χ1v) is 4.25. The van der Waals surface area contributed by atoms with Gasteiger partial charge in [-0.25, -0.2) is 4.39 Å². The second-order valence-electron chi connectivity index (χ2n) is 1.84. The molecule has 0 saturated heterocycles. The van der Waals surface area contributed by atoms with Crippen LogP contribution in [0, 0.1) is 11.9 Å². The van der Waals surface area contributed by atoms with Gasteiger partial charge in [-0.2, -0.15) is 14.5 Å². The van der Waals surface area contributed by atoms with Crippen molar-refractivity contribution in [3.05, 3.63) is 30.1 Å². The Bertz CT molecular complexity index is 341. The van der Waals surface area contributed by atoms with Crippen LogP contribution in [0.2, 0.25) is 0 Å². The molecule has 1 aromatic carbocycles. The largest absolute Gasteiger partial charge is 1.00 e. The Hall–Kier alpha value is 0.456. The molecule has 74 valence electrons. The monoisotopic (exact) mass is 248 g/mol. The van der Waals surface area contributed by atoms with Gasteiger partial charge in [0, 0.05) is 11.6 Å². The molecule has 14 heavy (non-hydrogen) atoms. The van der Waals surface area contributed by atoms with Crippen LogP contribution >= 0.6 is 0 Å². The molecule has 0 saturated carbocycles. The van der Waals surface area contributed by atoms with Gasteiger partial charge in [-0.3, -0.25) is 9.11 Å². The van der Waals surface area contributed by atoms with Crippen molar-refractivity contribution in [3.63, 3.8) is 0 Å². The first-order valence-electron chi connectivity index (χ1n) is 2.85. The van der Waals surface area contributed by atoms with E-state index in [-0.39, 0.29) is 57.1 Å². The molecule has 0 bridgehead atoms. The molecule has 0 aliphatic carbocycles. The summed E-state index contributed by atoms with van der Waals surface area (Å²) in [4.78, 5) is 0. The molecule has 3 N–H and O–H groups in total. The summed E-state index contributed by atoms with van der Waals surface area (Å²) in [5, 5.41) is 8.55. The topological polar surface area (TPSA) is 94.8 Å². The molecule has 0 unspecified atom stereocenters. The van der Waals surface area contributed by atoms with Gasteiger partial charge in [-0.05, 0) is 0 Å². The molecule has 0 spiro atoms. The van der Waals surface area contributed by atoms with Gasteiger partial charge in [0.15, 0.2) is 0 Å². The van der Waals surface area contributed by atoms with Crippen molar-refractivity contribution in [2.24, 2.45) is 0 Å². The maximum absolute atomic E-state index is 12.0. The van der Waals surface area contributed by atoms with E-state index in [4.69, 9.17) is 22.6 Å². The normalized spacial score (nSPS) is 9.36. The second-order valence-corrected chi connectivity index (χ2v) is 2.74. The van der Waals surface area contributed by atoms with Crippen molar-refractivity contribution in [1.29, 1.82) is 0 Å². The molecule has 0 atom stereocenters. The van der Waals surface area contributed by atoms with E-state index < -0.39 is 16.2 Å². The molecule has 1 rings (SSSR count). The number of aromatic hydroxyl groups is 1. The Balaban J connectivity index is 0. The number of phenolic OH excluding ortho intramolecular Hbond substituents is 1. The van der Waals surface area contributed by atoms with Gasteiger partial charge in [0.05, 0.1) is 0 Å². The van der Waals surface area contributed by atoms with Gasteiger partial charge in [0.1, 0.15) is 0 Å². The molecule has 0 radical (unpaired) electrons. The Morgan fingerprint density at radius 2 is 1.79 bits per heavy atom. The minimum absolute atomic E-state index is 0. The molecular formula is C6H6FKO5S. The number of halogens is 1. The Morgan fingerprint density at radius 1 is 1.36 bits per heavy atom. The number of benzene rings is 1. The van der Waals surface area contributed by atoms with Crippen molar-refractivity contribution in [2.75, 3.05) is 0 Å². The molecule has 0 aromatic heterocycles. The van der Waals surface area contributed by atoms with Crippen LogP contribution in [0.25, 0.3) is 0 Å². The molecule has 1 aromatic rings. The van der Waals surface area contributed by atoms with Gasteiger partial charge in [-0.15, -0.1) is 12.1 Å². The zero-order valence-electron chi connectivity index (χ0n) is 7.18.